The highest BCUT2D eigenvalue weighted by molar-refractivity contribution is 5.71. The monoisotopic (exact) mass is 204 g/mol. The van der Waals surface area contributed by atoms with Gasteiger partial charge in [-0.25, -0.2) is 4.79 Å². The van der Waals surface area contributed by atoms with Crippen LogP contribution in [0.4, 0.5) is 4.79 Å². The number of unbranched alkanes of at least 4 members (excludes halogenated alkanes) is 2. The van der Waals surface area contributed by atoms with E-state index in [1.165, 1.54) is 0 Å². The summed E-state index contributed by atoms with van der Waals surface area (Å²) >= 11 is 0. The maximum absolute atomic E-state index is 10.9. The van der Waals surface area contributed by atoms with Crippen LogP contribution in [0.25, 0.3) is 0 Å². The predicted octanol–water partition coefficient (Wildman–Crippen LogP) is -0.0879. The second-order valence-corrected chi connectivity index (χ2v) is 3.19. The number of rotatable bonds is 8. The van der Waals surface area contributed by atoms with Gasteiger partial charge in [0.2, 0.25) is 0 Å². The van der Waals surface area contributed by atoms with E-state index in [4.69, 9.17) is 15.9 Å². The first-order valence-corrected chi connectivity index (χ1v) is 4.98. The summed E-state index contributed by atoms with van der Waals surface area (Å²) in [5, 5.41) is 17.1. The molecule has 0 aliphatic heterocycles. The summed E-state index contributed by atoms with van der Waals surface area (Å²) in [6.07, 6.45) is 2.89. The average molecular weight is 204 g/mol. The Bertz CT molecular complexity index is 143. The van der Waals surface area contributed by atoms with Crippen molar-refractivity contribution in [3.63, 3.8) is 0 Å². The summed E-state index contributed by atoms with van der Waals surface area (Å²) in [6.45, 7) is 1.45. The zero-order valence-electron chi connectivity index (χ0n) is 8.48. The molecule has 14 heavy (non-hydrogen) atoms. The molecule has 0 rings (SSSR count). The van der Waals surface area contributed by atoms with Crippen LogP contribution in [0.15, 0.2) is 0 Å². The van der Waals surface area contributed by atoms with Gasteiger partial charge < -0.3 is 20.8 Å². The van der Waals surface area contributed by atoms with Crippen LogP contribution in [0.3, 0.4) is 0 Å². The van der Waals surface area contributed by atoms with E-state index in [9.17, 15) is 4.79 Å². The minimum Gasteiger partial charge on any atom is -0.396 e. The van der Waals surface area contributed by atoms with Crippen molar-refractivity contribution in [2.75, 3.05) is 26.3 Å². The van der Waals surface area contributed by atoms with Gasteiger partial charge in [-0.2, -0.15) is 0 Å². The van der Waals surface area contributed by atoms with Gasteiger partial charge in [-0.05, 0) is 25.7 Å². The Balaban J connectivity index is 3.61. The van der Waals surface area contributed by atoms with Gasteiger partial charge in [-0.3, -0.25) is 0 Å². The third-order valence-electron chi connectivity index (χ3n) is 1.98. The number of hydrogen-bond donors (Lipinski definition) is 3. The highest BCUT2D eigenvalue weighted by Gasteiger charge is 2.07. The number of nitrogens with zero attached hydrogens (tertiary/aromatic N) is 1. The van der Waals surface area contributed by atoms with Crippen molar-refractivity contribution in [2.45, 2.75) is 25.7 Å². The molecule has 0 aromatic rings. The second kappa shape index (κ2) is 8.77. The van der Waals surface area contributed by atoms with E-state index in [-0.39, 0.29) is 13.2 Å². The highest BCUT2D eigenvalue weighted by atomic mass is 16.3. The molecule has 5 nitrogen and oxygen atoms in total. The molecule has 0 bridgehead atoms. The van der Waals surface area contributed by atoms with Crippen molar-refractivity contribution in [3.8, 4) is 0 Å². The molecule has 2 amide bonds. The standard InChI is InChI=1S/C9H20N2O3/c10-9(14)11(5-1-3-7-12)6-2-4-8-13/h12-13H,1-8H2,(H2,10,14). The van der Waals surface area contributed by atoms with E-state index in [0.717, 1.165) is 12.8 Å². The molecule has 0 radical (unpaired) electrons. The lowest BCUT2D eigenvalue weighted by molar-refractivity contribution is 0.198. The second-order valence-electron chi connectivity index (χ2n) is 3.19. The quantitative estimate of drug-likeness (QED) is 0.483. The molecule has 84 valence electrons. The minimum absolute atomic E-state index is 0.142. The van der Waals surface area contributed by atoms with Crippen molar-refractivity contribution >= 4 is 6.03 Å². The largest absolute Gasteiger partial charge is 0.396 e. The van der Waals surface area contributed by atoms with Gasteiger partial charge in [-0.1, -0.05) is 0 Å². The fourth-order valence-electron chi connectivity index (χ4n) is 1.16. The lowest BCUT2D eigenvalue weighted by Crippen LogP contribution is -2.37. The number of urea groups is 1. The first kappa shape index (κ1) is 13.2. The van der Waals surface area contributed by atoms with Crippen molar-refractivity contribution in [1.29, 1.82) is 0 Å². The molecule has 0 saturated heterocycles. The van der Waals surface area contributed by atoms with Gasteiger partial charge in [0.25, 0.3) is 0 Å². The van der Waals surface area contributed by atoms with Crippen molar-refractivity contribution in [3.05, 3.63) is 0 Å². The van der Waals surface area contributed by atoms with E-state index in [0.29, 0.717) is 25.9 Å². The number of carbonyl (C=O) groups is 1. The highest BCUT2D eigenvalue weighted by Crippen LogP contribution is 1.98. The summed E-state index contributed by atoms with van der Waals surface area (Å²) < 4.78 is 0. The molecule has 0 atom stereocenters. The minimum atomic E-state index is -0.430. The summed E-state index contributed by atoms with van der Waals surface area (Å²) in [5.74, 6) is 0. The van der Waals surface area contributed by atoms with Crippen molar-refractivity contribution in [2.24, 2.45) is 5.73 Å². The van der Waals surface area contributed by atoms with E-state index >= 15 is 0 Å². The SMILES string of the molecule is NC(=O)N(CCCCO)CCCCO. The van der Waals surface area contributed by atoms with Crippen LogP contribution in [-0.2, 0) is 0 Å². The first-order chi connectivity index (χ1) is 6.72. The van der Waals surface area contributed by atoms with Crippen molar-refractivity contribution in [1.82, 2.24) is 4.90 Å². The van der Waals surface area contributed by atoms with E-state index in [2.05, 4.69) is 0 Å². The van der Waals surface area contributed by atoms with Crippen LogP contribution < -0.4 is 5.73 Å². The number of aliphatic hydroxyl groups is 2. The van der Waals surface area contributed by atoms with Gasteiger partial charge in [0, 0.05) is 26.3 Å². The first-order valence-electron chi connectivity index (χ1n) is 4.98. The molecule has 0 aromatic heterocycles. The fourth-order valence-corrected chi connectivity index (χ4v) is 1.16. The Morgan fingerprint density at radius 1 is 1.00 bits per heavy atom. The molecular formula is C9H20N2O3. The lowest BCUT2D eigenvalue weighted by Gasteiger charge is -2.19. The summed E-state index contributed by atoms with van der Waals surface area (Å²) in [7, 11) is 0. The molecule has 0 aromatic carbocycles. The maximum Gasteiger partial charge on any atom is 0.314 e. The lowest BCUT2D eigenvalue weighted by atomic mass is 10.2. The molecule has 0 fully saturated rings. The van der Waals surface area contributed by atoms with Crippen LogP contribution in [0.5, 0.6) is 0 Å². The molecule has 0 spiro atoms. The van der Waals surface area contributed by atoms with Crippen LogP contribution in [0, 0.1) is 0 Å². The number of hydrogen-bond acceptors (Lipinski definition) is 3. The number of amides is 2. The third-order valence-corrected chi connectivity index (χ3v) is 1.98. The Kier molecular flexibility index (Phi) is 8.27. The van der Waals surface area contributed by atoms with Gasteiger partial charge in [0.05, 0.1) is 0 Å². The summed E-state index contributed by atoms with van der Waals surface area (Å²) in [6, 6.07) is -0.430. The molecule has 0 unspecified atom stereocenters. The molecule has 0 heterocycles. The third kappa shape index (κ3) is 6.68. The van der Waals surface area contributed by atoms with Gasteiger partial charge in [0.1, 0.15) is 0 Å². The van der Waals surface area contributed by atoms with Crippen molar-refractivity contribution < 1.29 is 15.0 Å². The molecule has 0 saturated carbocycles. The van der Waals surface area contributed by atoms with Crippen LogP contribution in [0.1, 0.15) is 25.7 Å². The fraction of sp³-hybridized carbons (Fsp3) is 0.889. The smallest absolute Gasteiger partial charge is 0.314 e. The Labute approximate surface area is 84.5 Å². The normalized spacial score (nSPS) is 10.1. The van der Waals surface area contributed by atoms with E-state index < -0.39 is 6.03 Å². The Morgan fingerprint density at radius 3 is 1.71 bits per heavy atom. The van der Waals surface area contributed by atoms with E-state index in [1.807, 2.05) is 0 Å². The predicted molar refractivity (Wildman–Crippen MR) is 53.8 cm³/mol. The Hall–Kier alpha value is -0.810. The van der Waals surface area contributed by atoms with Gasteiger partial charge >= 0.3 is 6.03 Å². The number of nitrogens with two attached hydrogens (primary N) is 1. The van der Waals surface area contributed by atoms with Gasteiger partial charge in [0.15, 0.2) is 0 Å². The van der Waals surface area contributed by atoms with Gasteiger partial charge in [-0.15, -0.1) is 0 Å². The molecule has 4 N–H and O–H groups in total. The zero-order chi connectivity index (χ0) is 10.8. The molecule has 5 heteroatoms. The van der Waals surface area contributed by atoms with Crippen LogP contribution >= 0.6 is 0 Å². The van der Waals surface area contributed by atoms with E-state index in [1.54, 1.807) is 4.90 Å². The number of aliphatic hydroxyl groups excluding tert-OH is 2. The summed E-state index contributed by atoms with van der Waals surface area (Å²) in [5.41, 5.74) is 5.16. The van der Waals surface area contributed by atoms with Crippen LogP contribution in [-0.4, -0.2) is 47.4 Å². The number of primary amides is 1. The molecule has 0 aliphatic rings. The average Bonchev–Trinajstić information content (AvgIpc) is 2.15. The summed E-state index contributed by atoms with van der Waals surface area (Å²) in [4.78, 5) is 12.5. The van der Waals surface area contributed by atoms with Crippen LogP contribution in [0.2, 0.25) is 0 Å². The Morgan fingerprint density at radius 2 is 1.43 bits per heavy atom. The molecule has 0 aliphatic carbocycles. The zero-order valence-corrected chi connectivity index (χ0v) is 8.48. The molecular weight excluding hydrogens is 184 g/mol. The maximum atomic E-state index is 10.9. The topological polar surface area (TPSA) is 86.8 Å². The number of carbonyl (C=O) groups excluding carboxylic acids is 1.